The maximum atomic E-state index is 6.23. The first-order valence-corrected chi connectivity index (χ1v) is 8.52. The van der Waals surface area contributed by atoms with Crippen LogP contribution in [-0.4, -0.2) is 5.33 Å². The van der Waals surface area contributed by atoms with Gasteiger partial charge in [-0.05, 0) is 53.8 Å². The summed E-state index contributed by atoms with van der Waals surface area (Å²) in [6.07, 6.45) is 0.867. The standard InChI is InChI=1S/C15H12Br2Cl2/c16-9-12(10-1-3-13(17)4-2-10)7-11-8-14(18)5-6-15(11)19/h1-6,8,12H,7,9H2. The van der Waals surface area contributed by atoms with Crippen LogP contribution in [0.25, 0.3) is 0 Å². The van der Waals surface area contributed by atoms with E-state index in [0.717, 1.165) is 31.8 Å². The van der Waals surface area contributed by atoms with Crippen LogP contribution in [0.1, 0.15) is 17.0 Å². The SMILES string of the molecule is Clc1ccc(Cl)c(CC(CBr)c2ccc(Br)cc2)c1. The van der Waals surface area contributed by atoms with Gasteiger partial charge in [-0.1, -0.05) is 67.2 Å². The van der Waals surface area contributed by atoms with Gasteiger partial charge in [-0.25, -0.2) is 0 Å². The van der Waals surface area contributed by atoms with Crippen molar-refractivity contribution >= 4 is 55.1 Å². The Morgan fingerprint density at radius 1 is 1.00 bits per heavy atom. The summed E-state index contributed by atoms with van der Waals surface area (Å²) in [7, 11) is 0. The zero-order chi connectivity index (χ0) is 13.8. The molecule has 0 bridgehead atoms. The molecule has 1 unspecified atom stereocenters. The quantitative estimate of drug-likeness (QED) is 0.495. The number of rotatable bonds is 4. The van der Waals surface area contributed by atoms with Crippen LogP contribution in [0.4, 0.5) is 0 Å². The van der Waals surface area contributed by atoms with E-state index in [2.05, 4.69) is 56.1 Å². The summed E-state index contributed by atoms with van der Waals surface area (Å²) >= 11 is 19.3. The van der Waals surface area contributed by atoms with Crippen molar-refractivity contribution < 1.29 is 0 Å². The fourth-order valence-electron chi connectivity index (χ4n) is 1.96. The van der Waals surface area contributed by atoms with Crippen LogP contribution in [0, 0.1) is 0 Å². The van der Waals surface area contributed by atoms with Gasteiger partial charge in [0.25, 0.3) is 0 Å². The average Bonchev–Trinajstić information content (AvgIpc) is 2.41. The van der Waals surface area contributed by atoms with Crippen molar-refractivity contribution in [1.82, 2.24) is 0 Å². The van der Waals surface area contributed by atoms with Gasteiger partial charge >= 0.3 is 0 Å². The molecule has 2 aromatic carbocycles. The second-order valence-corrected chi connectivity index (χ2v) is 6.75. The van der Waals surface area contributed by atoms with E-state index in [1.54, 1.807) is 0 Å². The normalized spacial score (nSPS) is 12.4. The first-order valence-electron chi connectivity index (χ1n) is 5.85. The number of benzene rings is 2. The lowest BCUT2D eigenvalue weighted by molar-refractivity contribution is 0.775. The van der Waals surface area contributed by atoms with Crippen molar-refractivity contribution in [3.8, 4) is 0 Å². The van der Waals surface area contributed by atoms with Crippen LogP contribution in [0.5, 0.6) is 0 Å². The first kappa shape index (κ1) is 15.4. The van der Waals surface area contributed by atoms with E-state index < -0.39 is 0 Å². The highest BCUT2D eigenvalue weighted by molar-refractivity contribution is 9.10. The summed E-state index contributed by atoms with van der Waals surface area (Å²) in [5.41, 5.74) is 2.37. The summed E-state index contributed by atoms with van der Waals surface area (Å²) < 4.78 is 1.09. The molecule has 0 spiro atoms. The Bertz CT molecular complexity index is 553. The lowest BCUT2D eigenvalue weighted by Crippen LogP contribution is -2.05. The molecule has 0 N–H and O–H groups in total. The molecule has 0 heterocycles. The Hall–Kier alpha value is -0.0200. The van der Waals surface area contributed by atoms with Gasteiger partial charge in [0.15, 0.2) is 0 Å². The van der Waals surface area contributed by atoms with E-state index in [1.165, 1.54) is 5.56 Å². The van der Waals surface area contributed by atoms with Gasteiger partial charge in [-0.15, -0.1) is 0 Å². The summed E-state index contributed by atoms with van der Waals surface area (Å²) in [5.74, 6) is 0.379. The molecule has 0 aliphatic heterocycles. The monoisotopic (exact) mass is 420 g/mol. The Morgan fingerprint density at radius 2 is 1.68 bits per heavy atom. The molecule has 19 heavy (non-hydrogen) atoms. The van der Waals surface area contributed by atoms with Gasteiger partial charge in [0, 0.05) is 19.8 Å². The van der Waals surface area contributed by atoms with Gasteiger partial charge in [0.05, 0.1) is 0 Å². The average molecular weight is 423 g/mol. The molecule has 4 heteroatoms. The fraction of sp³-hybridized carbons (Fsp3) is 0.200. The van der Waals surface area contributed by atoms with Gasteiger partial charge < -0.3 is 0 Å². The molecule has 0 radical (unpaired) electrons. The lowest BCUT2D eigenvalue weighted by Gasteiger charge is -2.16. The Balaban J connectivity index is 2.23. The van der Waals surface area contributed by atoms with Gasteiger partial charge in [-0.3, -0.25) is 0 Å². The maximum Gasteiger partial charge on any atom is 0.0439 e. The van der Waals surface area contributed by atoms with Crippen LogP contribution in [0.3, 0.4) is 0 Å². The van der Waals surface area contributed by atoms with Gasteiger partial charge in [-0.2, -0.15) is 0 Å². The van der Waals surface area contributed by atoms with Crippen molar-refractivity contribution in [2.45, 2.75) is 12.3 Å². The Morgan fingerprint density at radius 3 is 2.32 bits per heavy atom. The zero-order valence-electron chi connectivity index (χ0n) is 10.0. The van der Waals surface area contributed by atoms with Crippen LogP contribution in [-0.2, 0) is 6.42 Å². The zero-order valence-corrected chi connectivity index (χ0v) is 14.7. The van der Waals surface area contributed by atoms with Crippen molar-refractivity contribution in [3.63, 3.8) is 0 Å². The van der Waals surface area contributed by atoms with E-state index in [0.29, 0.717) is 5.92 Å². The van der Waals surface area contributed by atoms with Crippen molar-refractivity contribution in [1.29, 1.82) is 0 Å². The van der Waals surface area contributed by atoms with E-state index >= 15 is 0 Å². The lowest BCUT2D eigenvalue weighted by atomic mass is 9.94. The van der Waals surface area contributed by atoms with E-state index in [1.807, 2.05) is 18.2 Å². The van der Waals surface area contributed by atoms with Gasteiger partial charge in [0.2, 0.25) is 0 Å². The van der Waals surface area contributed by atoms with Crippen LogP contribution >= 0.6 is 55.1 Å². The Labute approximate surface area is 140 Å². The summed E-state index contributed by atoms with van der Waals surface area (Å²) in [4.78, 5) is 0. The second-order valence-electron chi connectivity index (χ2n) is 4.34. The molecule has 0 aliphatic carbocycles. The van der Waals surface area contributed by atoms with Crippen LogP contribution < -0.4 is 0 Å². The molecule has 0 fully saturated rings. The number of halogens is 4. The molecule has 2 rings (SSSR count). The summed E-state index contributed by atoms with van der Waals surface area (Å²) in [6, 6.07) is 14.0. The molecule has 0 saturated carbocycles. The summed E-state index contributed by atoms with van der Waals surface area (Å²) in [6.45, 7) is 0. The van der Waals surface area contributed by atoms with E-state index in [9.17, 15) is 0 Å². The third-order valence-corrected chi connectivity index (χ3v) is 4.92. The predicted molar refractivity (Wildman–Crippen MR) is 90.8 cm³/mol. The van der Waals surface area contributed by atoms with Crippen molar-refractivity contribution in [2.75, 3.05) is 5.33 Å². The first-order chi connectivity index (χ1) is 9.10. The predicted octanol–water partition coefficient (Wildman–Crippen LogP) is 6.48. The maximum absolute atomic E-state index is 6.23. The molecule has 1 atom stereocenters. The second kappa shape index (κ2) is 7.12. The number of alkyl halides is 1. The third kappa shape index (κ3) is 4.22. The molecule has 0 aliphatic rings. The highest BCUT2D eigenvalue weighted by atomic mass is 79.9. The van der Waals surface area contributed by atoms with E-state index in [4.69, 9.17) is 23.2 Å². The molecule has 0 nitrogen and oxygen atoms in total. The molecule has 2 aromatic rings. The molecular weight excluding hydrogens is 411 g/mol. The molecule has 100 valence electrons. The fourth-order valence-corrected chi connectivity index (χ4v) is 3.22. The molecule has 0 amide bonds. The van der Waals surface area contributed by atoms with Crippen LogP contribution in [0.2, 0.25) is 10.0 Å². The van der Waals surface area contributed by atoms with Crippen molar-refractivity contribution in [3.05, 3.63) is 68.1 Å². The number of hydrogen-bond acceptors (Lipinski definition) is 0. The summed E-state index contributed by atoms with van der Waals surface area (Å²) in [5, 5.41) is 2.38. The topological polar surface area (TPSA) is 0 Å². The smallest absolute Gasteiger partial charge is 0.0439 e. The van der Waals surface area contributed by atoms with Crippen molar-refractivity contribution in [2.24, 2.45) is 0 Å². The highest BCUT2D eigenvalue weighted by Gasteiger charge is 2.13. The van der Waals surface area contributed by atoms with E-state index in [-0.39, 0.29) is 0 Å². The minimum absolute atomic E-state index is 0.379. The molecule has 0 saturated heterocycles. The largest absolute Gasteiger partial charge is 0.0921 e. The minimum Gasteiger partial charge on any atom is -0.0921 e. The minimum atomic E-state index is 0.379. The number of hydrogen-bond donors (Lipinski definition) is 0. The Kier molecular flexibility index (Phi) is 5.76. The van der Waals surface area contributed by atoms with Crippen LogP contribution in [0.15, 0.2) is 46.9 Å². The third-order valence-electron chi connectivity index (χ3n) is 3.00. The molecule has 0 aromatic heterocycles. The highest BCUT2D eigenvalue weighted by Crippen LogP contribution is 2.29. The molecular formula is C15H12Br2Cl2. The van der Waals surface area contributed by atoms with Gasteiger partial charge in [0.1, 0.15) is 0 Å².